The summed E-state index contributed by atoms with van der Waals surface area (Å²) in [5, 5.41) is 2.99. The third kappa shape index (κ3) is 3.42. The molecular formula is C19H30N2O3. The molecule has 0 spiro atoms. The first-order chi connectivity index (χ1) is 11.4. The summed E-state index contributed by atoms with van der Waals surface area (Å²) in [5.74, 6) is 0.773. The highest BCUT2D eigenvalue weighted by atomic mass is 16.5. The van der Waals surface area contributed by atoms with Crippen LogP contribution in [0.1, 0.15) is 39.7 Å². The first-order valence-electron chi connectivity index (χ1n) is 8.76. The zero-order valence-corrected chi connectivity index (χ0v) is 15.2. The topological polar surface area (TPSA) is 73.6 Å². The van der Waals surface area contributed by atoms with E-state index < -0.39 is 5.54 Å². The number of para-hydroxylation sites is 1. The summed E-state index contributed by atoms with van der Waals surface area (Å²) >= 11 is 0. The van der Waals surface area contributed by atoms with Crippen LogP contribution in [0.2, 0.25) is 0 Å². The molecule has 5 nitrogen and oxygen atoms in total. The van der Waals surface area contributed by atoms with Crippen LogP contribution in [0.25, 0.3) is 0 Å². The van der Waals surface area contributed by atoms with Gasteiger partial charge in [0.1, 0.15) is 11.3 Å². The fraction of sp³-hybridized carbons (Fsp3) is 0.632. The largest absolute Gasteiger partial charge is 0.494 e. The van der Waals surface area contributed by atoms with E-state index >= 15 is 0 Å². The number of amides is 1. The van der Waals surface area contributed by atoms with E-state index in [1.54, 1.807) is 0 Å². The van der Waals surface area contributed by atoms with Crippen molar-refractivity contribution in [1.82, 2.24) is 5.32 Å². The SMILES string of the molecule is CCOc1ccccc1CCNC(=O)C1(N)CC(OCC)C1(C)C. The van der Waals surface area contributed by atoms with Crippen molar-refractivity contribution in [2.75, 3.05) is 19.8 Å². The molecule has 1 aromatic carbocycles. The van der Waals surface area contributed by atoms with Crippen molar-refractivity contribution in [2.24, 2.45) is 11.1 Å². The van der Waals surface area contributed by atoms with Gasteiger partial charge in [0.05, 0.1) is 12.7 Å². The summed E-state index contributed by atoms with van der Waals surface area (Å²) in [7, 11) is 0. The molecule has 1 amide bonds. The van der Waals surface area contributed by atoms with Gasteiger partial charge in [-0.25, -0.2) is 0 Å². The van der Waals surface area contributed by atoms with Gasteiger partial charge in [0.25, 0.3) is 0 Å². The van der Waals surface area contributed by atoms with Crippen LogP contribution in [0.4, 0.5) is 0 Å². The minimum Gasteiger partial charge on any atom is -0.494 e. The lowest BCUT2D eigenvalue weighted by molar-refractivity contribution is -0.170. The Balaban J connectivity index is 1.90. The number of ether oxygens (including phenoxy) is 2. The van der Waals surface area contributed by atoms with Gasteiger partial charge < -0.3 is 20.5 Å². The zero-order chi connectivity index (χ0) is 17.8. The van der Waals surface area contributed by atoms with Crippen LogP contribution in [0.15, 0.2) is 24.3 Å². The number of benzene rings is 1. The van der Waals surface area contributed by atoms with Crippen molar-refractivity contribution >= 4 is 5.91 Å². The predicted molar refractivity (Wildman–Crippen MR) is 95.1 cm³/mol. The van der Waals surface area contributed by atoms with Gasteiger partial charge in [0.2, 0.25) is 5.91 Å². The van der Waals surface area contributed by atoms with E-state index in [-0.39, 0.29) is 17.4 Å². The standard InChI is InChI=1S/C19H30N2O3/c1-5-23-15-10-8-7-9-14(15)11-12-21-17(22)19(20)13-16(24-6-2)18(19,3)4/h7-10,16H,5-6,11-13,20H2,1-4H3,(H,21,22). The number of hydrogen-bond donors (Lipinski definition) is 2. The molecule has 0 heterocycles. The van der Waals surface area contributed by atoms with Crippen molar-refractivity contribution < 1.29 is 14.3 Å². The normalized spacial score (nSPS) is 25.0. The molecule has 24 heavy (non-hydrogen) atoms. The van der Waals surface area contributed by atoms with Crippen LogP contribution in [-0.4, -0.2) is 37.3 Å². The molecule has 1 fully saturated rings. The molecule has 1 aliphatic rings. The van der Waals surface area contributed by atoms with Crippen LogP contribution < -0.4 is 15.8 Å². The Morgan fingerprint density at radius 1 is 1.29 bits per heavy atom. The lowest BCUT2D eigenvalue weighted by Crippen LogP contribution is -2.75. The van der Waals surface area contributed by atoms with E-state index in [0.717, 1.165) is 11.3 Å². The maximum Gasteiger partial charge on any atom is 0.240 e. The Bertz CT molecular complexity index is 573. The average molecular weight is 334 g/mol. The van der Waals surface area contributed by atoms with Crippen LogP contribution in [0, 0.1) is 5.41 Å². The second-order valence-corrected chi connectivity index (χ2v) is 6.89. The first kappa shape index (κ1) is 18.7. The van der Waals surface area contributed by atoms with Gasteiger partial charge in [0.15, 0.2) is 0 Å². The van der Waals surface area contributed by atoms with E-state index in [1.807, 2.05) is 52.0 Å². The minimum atomic E-state index is -0.869. The number of rotatable bonds is 8. The van der Waals surface area contributed by atoms with E-state index in [0.29, 0.717) is 32.6 Å². The van der Waals surface area contributed by atoms with Gasteiger partial charge in [-0.15, -0.1) is 0 Å². The van der Waals surface area contributed by atoms with E-state index in [4.69, 9.17) is 15.2 Å². The van der Waals surface area contributed by atoms with Gasteiger partial charge >= 0.3 is 0 Å². The molecular weight excluding hydrogens is 304 g/mol. The molecule has 1 saturated carbocycles. The lowest BCUT2D eigenvalue weighted by Gasteiger charge is -2.57. The summed E-state index contributed by atoms with van der Waals surface area (Å²) in [6.45, 7) is 9.73. The van der Waals surface area contributed by atoms with Crippen molar-refractivity contribution in [2.45, 2.75) is 52.2 Å². The number of nitrogens with one attached hydrogen (secondary N) is 1. The quantitative estimate of drug-likeness (QED) is 0.765. The Morgan fingerprint density at radius 2 is 2.00 bits per heavy atom. The van der Waals surface area contributed by atoms with E-state index in [9.17, 15) is 4.79 Å². The van der Waals surface area contributed by atoms with Crippen molar-refractivity contribution in [3.63, 3.8) is 0 Å². The van der Waals surface area contributed by atoms with Crippen LogP contribution in [0.3, 0.4) is 0 Å². The van der Waals surface area contributed by atoms with E-state index in [2.05, 4.69) is 5.32 Å². The van der Waals surface area contributed by atoms with Gasteiger partial charge in [-0.1, -0.05) is 32.0 Å². The zero-order valence-electron chi connectivity index (χ0n) is 15.2. The second kappa shape index (κ2) is 7.53. The summed E-state index contributed by atoms with van der Waals surface area (Å²) in [6, 6.07) is 7.90. The molecule has 134 valence electrons. The fourth-order valence-corrected chi connectivity index (χ4v) is 3.30. The summed E-state index contributed by atoms with van der Waals surface area (Å²) < 4.78 is 11.3. The number of carbonyl (C=O) groups is 1. The third-order valence-corrected chi connectivity index (χ3v) is 5.19. The molecule has 0 aromatic heterocycles. The van der Waals surface area contributed by atoms with Gasteiger partial charge in [-0.3, -0.25) is 4.79 Å². The smallest absolute Gasteiger partial charge is 0.240 e. The number of hydrogen-bond acceptors (Lipinski definition) is 4. The molecule has 0 radical (unpaired) electrons. The molecule has 0 aliphatic heterocycles. The van der Waals surface area contributed by atoms with Gasteiger partial charge in [0, 0.05) is 25.0 Å². The van der Waals surface area contributed by atoms with Crippen molar-refractivity contribution in [3.05, 3.63) is 29.8 Å². The summed E-state index contributed by atoms with van der Waals surface area (Å²) in [4.78, 5) is 12.6. The molecule has 3 N–H and O–H groups in total. The fourth-order valence-electron chi connectivity index (χ4n) is 3.30. The number of nitrogens with two attached hydrogens (primary N) is 1. The van der Waals surface area contributed by atoms with Gasteiger partial charge in [-0.2, -0.15) is 0 Å². The van der Waals surface area contributed by atoms with Crippen LogP contribution >= 0.6 is 0 Å². The average Bonchev–Trinajstić information content (AvgIpc) is 2.56. The molecule has 0 bridgehead atoms. The Hall–Kier alpha value is -1.59. The molecule has 1 aromatic rings. The minimum absolute atomic E-state index is 0.0388. The molecule has 5 heteroatoms. The van der Waals surface area contributed by atoms with Crippen LogP contribution in [0.5, 0.6) is 5.75 Å². The number of carbonyl (C=O) groups excluding carboxylic acids is 1. The highest BCUT2D eigenvalue weighted by Gasteiger charge is 2.62. The highest BCUT2D eigenvalue weighted by Crippen LogP contribution is 2.49. The van der Waals surface area contributed by atoms with Crippen molar-refractivity contribution in [1.29, 1.82) is 0 Å². The Morgan fingerprint density at radius 3 is 2.62 bits per heavy atom. The van der Waals surface area contributed by atoms with Crippen LogP contribution in [-0.2, 0) is 16.0 Å². The van der Waals surface area contributed by atoms with E-state index in [1.165, 1.54) is 0 Å². The maximum absolute atomic E-state index is 12.6. The van der Waals surface area contributed by atoms with Crippen molar-refractivity contribution in [3.8, 4) is 5.75 Å². The monoisotopic (exact) mass is 334 g/mol. The molecule has 0 saturated heterocycles. The lowest BCUT2D eigenvalue weighted by atomic mass is 9.54. The second-order valence-electron chi connectivity index (χ2n) is 6.89. The predicted octanol–water partition coefficient (Wildman–Crippen LogP) is 2.28. The Kier molecular flexibility index (Phi) is 5.88. The molecule has 2 unspecified atom stereocenters. The highest BCUT2D eigenvalue weighted by molar-refractivity contribution is 5.88. The maximum atomic E-state index is 12.6. The first-order valence-corrected chi connectivity index (χ1v) is 8.76. The summed E-state index contributed by atoms with van der Waals surface area (Å²) in [6.07, 6.45) is 1.32. The Labute approximate surface area is 144 Å². The van der Waals surface area contributed by atoms with Gasteiger partial charge in [-0.05, 0) is 31.9 Å². The molecule has 2 atom stereocenters. The summed E-state index contributed by atoms with van der Waals surface area (Å²) in [5.41, 5.74) is 6.24. The molecule has 1 aliphatic carbocycles. The third-order valence-electron chi connectivity index (χ3n) is 5.19. The molecule has 2 rings (SSSR count).